The lowest BCUT2D eigenvalue weighted by Gasteiger charge is -2.37. The number of benzene rings is 3. The third-order valence-corrected chi connectivity index (χ3v) is 7.10. The number of carbonyl (C=O) groups is 2. The molecule has 2 amide bonds. The highest BCUT2D eigenvalue weighted by molar-refractivity contribution is 8.00. The van der Waals surface area contributed by atoms with E-state index < -0.39 is 28.4 Å². The van der Waals surface area contributed by atoms with Crippen molar-refractivity contribution in [3.8, 4) is 0 Å². The number of thioether (sulfide) groups is 1. The number of nitrogens with zero attached hydrogens (tertiary/aromatic N) is 1. The summed E-state index contributed by atoms with van der Waals surface area (Å²) in [5.74, 6) is -0.298. The molecule has 0 spiro atoms. The van der Waals surface area contributed by atoms with Crippen LogP contribution >= 0.6 is 11.8 Å². The van der Waals surface area contributed by atoms with Gasteiger partial charge in [0.2, 0.25) is 5.91 Å². The lowest BCUT2D eigenvalue weighted by atomic mass is 9.84. The molecule has 0 bridgehead atoms. The van der Waals surface area contributed by atoms with E-state index in [1.807, 2.05) is 54.6 Å². The van der Waals surface area contributed by atoms with Gasteiger partial charge in [0.1, 0.15) is 11.6 Å². The van der Waals surface area contributed by atoms with Gasteiger partial charge in [0.15, 0.2) is 0 Å². The van der Waals surface area contributed by atoms with E-state index in [4.69, 9.17) is 10.5 Å². The van der Waals surface area contributed by atoms with E-state index in [2.05, 4.69) is 36.4 Å². The van der Waals surface area contributed by atoms with E-state index in [-0.39, 0.29) is 5.75 Å². The van der Waals surface area contributed by atoms with Crippen molar-refractivity contribution in [3.63, 3.8) is 0 Å². The quantitative estimate of drug-likeness (QED) is 0.440. The molecule has 0 aliphatic heterocycles. The Morgan fingerprint density at radius 3 is 1.53 bits per heavy atom. The number of likely N-dealkylation sites (N-methyl/N-ethyl adjacent to an activating group) is 1. The first-order valence-corrected chi connectivity index (χ1v) is 12.2. The Kier molecular flexibility index (Phi) is 8.05. The molecule has 0 unspecified atom stereocenters. The van der Waals surface area contributed by atoms with Gasteiger partial charge >= 0.3 is 6.09 Å². The number of primary amides is 1. The number of nitrogens with two attached hydrogens (primary N) is 1. The lowest BCUT2D eigenvalue weighted by molar-refractivity contribution is -0.122. The fourth-order valence-electron chi connectivity index (χ4n) is 3.82. The van der Waals surface area contributed by atoms with Gasteiger partial charge in [-0.2, -0.15) is 0 Å². The van der Waals surface area contributed by atoms with Crippen LogP contribution in [-0.4, -0.2) is 41.3 Å². The SMILES string of the molecule is CN(C(=O)OC(C)(C)C)[C@@H](CSC(c1ccccc1)(c1ccccc1)c1ccccc1)C(N)=O. The largest absolute Gasteiger partial charge is 0.444 e. The van der Waals surface area contributed by atoms with E-state index >= 15 is 0 Å². The van der Waals surface area contributed by atoms with Crippen LogP contribution in [0, 0.1) is 0 Å². The molecule has 0 saturated heterocycles. The van der Waals surface area contributed by atoms with E-state index in [0.29, 0.717) is 0 Å². The summed E-state index contributed by atoms with van der Waals surface area (Å²) in [6.45, 7) is 5.37. The summed E-state index contributed by atoms with van der Waals surface area (Å²) in [6, 6.07) is 29.7. The van der Waals surface area contributed by atoms with Gasteiger partial charge in [0.25, 0.3) is 0 Å². The Morgan fingerprint density at radius 2 is 1.21 bits per heavy atom. The molecule has 0 fully saturated rings. The van der Waals surface area contributed by atoms with Gasteiger partial charge in [0, 0.05) is 12.8 Å². The topological polar surface area (TPSA) is 72.6 Å². The van der Waals surface area contributed by atoms with E-state index in [9.17, 15) is 9.59 Å². The van der Waals surface area contributed by atoms with Crippen molar-refractivity contribution >= 4 is 23.8 Å². The second-order valence-electron chi connectivity index (χ2n) is 9.10. The van der Waals surface area contributed by atoms with Crippen molar-refractivity contribution in [2.45, 2.75) is 37.2 Å². The number of hydrogen-bond acceptors (Lipinski definition) is 4. The van der Waals surface area contributed by atoms with Crippen LogP contribution < -0.4 is 5.73 Å². The Balaban J connectivity index is 2.07. The molecule has 1 atom stereocenters. The number of amides is 2. The van der Waals surface area contributed by atoms with Gasteiger partial charge in [-0.3, -0.25) is 9.69 Å². The molecule has 0 radical (unpaired) electrons. The average molecular weight is 477 g/mol. The molecule has 3 aromatic carbocycles. The molecule has 0 aromatic heterocycles. The fraction of sp³-hybridized carbons (Fsp3) is 0.286. The summed E-state index contributed by atoms with van der Waals surface area (Å²) in [5.41, 5.74) is 8.31. The lowest BCUT2D eigenvalue weighted by Crippen LogP contribution is -2.49. The molecule has 3 rings (SSSR count). The highest BCUT2D eigenvalue weighted by Gasteiger charge is 2.39. The smallest absolute Gasteiger partial charge is 0.410 e. The molecule has 3 aromatic rings. The highest BCUT2D eigenvalue weighted by atomic mass is 32.2. The molecule has 0 aliphatic carbocycles. The average Bonchev–Trinajstić information content (AvgIpc) is 2.82. The Hall–Kier alpha value is -3.25. The maximum atomic E-state index is 12.7. The maximum absolute atomic E-state index is 12.7. The first-order chi connectivity index (χ1) is 16.1. The standard InChI is InChI=1S/C28H32N2O3S/c1-27(2,3)33-26(32)30(4)24(25(29)31)20-34-28(21-14-8-5-9-15-21,22-16-10-6-11-17-22)23-18-12-7-13-19-23/h5-19,24H,20H2,1-4H3,(H2,29,31)/t24-/m0/s1. The molecule has 0 heterocycles. The van der Waals surface area contributed by atoms with Crippen molar-refractivity contribution < 1.29 is 14.3 Å². The van der Waals surface area contributed by atoms with Gasteiger partial charge in [-0.1, -0.05) is 91.0 Å². The molecular formula is C28H32N2O3S. The summed E-state index contributed by atoms with van der Waals surface area (Å²) in [7, 11) is 1.55. The summed E-state index contributed by atoms with van der Waals surface area (Å²) in [6.07, 6.45) is -0.582. The number of rotatable bonds is 8. The third kappa shape index (κ3) is 5.81. The number of ether oxygens (including phenoxy) is 1. The number of hydrogen-bond donors (Lipinski definition) is 1. The predicted molar refractivity (Wildman–Crippen MR) is 139 cm³/mol. The van der Waals surface area contributed by atoms with Crippen LogP contribution in [0.25, 0.3) is 0 Å². The van der Waals surface area contributed by atoms with Gasteiger partial charge in [-0.15, -0.1) is 11.8 Å². The molecule has 2 N–H and O–H groups in total. The Morgan fingerprint density at radius 1 is 0.824 bits per heavy atom. The monoisotopic (exact) mass is 476 g/mol. The second-order valence-corrected chi connectivity index (χ2v) is 10.3. The molecule has 0 aliphatic rings. The summed E-state index contributed by atoms with van der Waals surface area (Å²) < 4.78 is 4.87. The predicted octanol–water partition coefficient (Wildman–Crippen LogP) is 5.43. The van der Waals surface area contributed by atoms with Crippen LogP contribution in [0.15, 0.2) is 91.0 Å². The van der Waals surface area contributed by atoms with Gasteiger partial charge < -0.3 is 10.5 Å². The van der Waals surface area contributed by atoms with Gasteiger partial charge in [-0.25, -0.2) is 4.79 Å². The van der Waals surface area contributed by atoms with Crippen molar-refractivity contribution in [1.82, 2.24) is 4.90 Å². The minimum atomic E-state index is -0.852. The molecule has 6 heteroatoms. The normalized spacial score (nSPS) is 12.6. The Bertz CT molecular complexity index is 986. The molecule has 5 nitrogen and oxygen atoms in total. The fourth-order valence-corrected chi connectivity index (χ4v) is 5.52. The number of carbonyl (C=O) groups excluding carboxylic acids is 2. The van der Waals surface area contributed by atoms with Gasteiger partial charge in [-0.05, 0) is 37.5 Å². The van der Waals surface area contributed by atoms with Crippen LogP contribution in [0.5, 0.6) is 0 Å². The summed E-state index contributed by atoms with van der Waals surface area (Å²) >= 11 is 1.58. The van der Waals surface area contributed by atoms with Crippen LogP contribution in [0.2, 0.25) is 0 Å². The molecule has 0 saturated carbocycles. The van der Waals surface area contributed by atoms with Gasteiger partial charge in [0.05, 0.1) is 4.75 Å². The van der Waals surface area contributed by atoms with Crippen LogP contribution in [0.1, 0.15) is 37.5 Å². The van der Waals surface area contributed by atoms with Crippen LogP contribution in [0.4, 0.5) is 4.79 Å². The van der Waals surface area contributed by atoms with Crippen molar-refractivity contribution in [2.75, 3.05) is 12.8 Å². The summed E-state index contributed by atoms with van der Waals surface area (Å²) in [5, 5.41) is 0. The van der Waals surface area contributed by atoms with E-state index in [0.717, 1.165) is 16.7 Å². The zero-order valence-electron chi connectivity index (χ0n) is 20.1. The first-order valence-electron chi connectivity index (χ1n) is 11.2. The maximum Gasteiger partial charge on any atom is 0.410 e. The van der Waals surface area contributed by atoms with E-state index in [1.165, 1.54) is 4.90 Å². The first kappa shape index (κ1) is 25.4. The zero-order chi connectivity index (χ0) is 24.8. The third-order valence-electron chi connectivity index (χ3n) is 5.48. The molecule has 178 valence electrons. The molecular weight excluding hydrogens is 444 g/mol. The highest BCUT2D eigenvalue weighted by Crippen LogP contribution is 2.48. The van der Waals surface area contributed by atoms with Crippen molar-refractivity contribution in [3.05, 3.63) is 108 Å². The van der Waals surface area contributed by atoms with Crippen molar-refractivity contribution in [1.29, 1.82) is 0 Å². The minimum absolute atomic E-state index is 0.282. The zero-order valence-corrected chi connectivity index (χ0v) is 20.9. The van der Waals surface area contributed by atoms with Crippen LogP contribution in [0.3, 0.4) is 0 Å². The van der Waals surface area contributed by atoms with E-state index in [1.54, 1.807) is 39.6 Å². The Labute approximate surface area is 206 Å². The molecule has 34 heavy (non-hydrogen) atoms. The second kappa shape index (κ2) is 10.8. The van der Waals surface area contributed by atoms with Crippen LogP contribution in [-0.2, 0) is 14.3 Å². The summed E-state index contributed by atoms with van der Waals surface area (Å²) in [4.78, 5) is 26.5. The van der Waals surface area contributed by atoms with Crippen molar-refractivity contribution in [2.24, 2.45) is 5.73 Å². The minimum Gasteiger partial charge on any atom is -0.444 e.